The molecule has 0 N–H and O–H groups in total. The van der Waals surface area contributed by atoms with Crippen LogP contribution in [0, 0.1) is 18.8 Å². The summed E-state index contributed by atoms with van der Waals surface area (Å²) in [7, 11) is 0. The fourth-order valence-corrected chi connectivity index (χ4v) is 4.69. The van der Waals surface area contributed by atoms with E-state index in [1.54, 1.807) is 0 Å². The molecule has 2 aliphatic heterocycles. The molecule has 1 aromatic rings. The number of likely N-dealkylation sites (tertiary alicyclic amines) is 1. The SMILES string of the molecule is Cc1ccccc1CN1CCC(CN(CC2CC2)CC2CCCO2)CC1. The molecule has 1 aliphatic carbocycles. The van der Waals surface area contributed by atoms with E-state index < -0.39 is 0 Å². The molecule has 26 heavy (non-hydrogen) atoms. The minimum atomic E-state index is 0.509. The summed E-state index contributed by atoms with van der Waals surface area (Å²) in [6.45, 7) is 10.7. The van der Waals surface area contributed by atoms with E-state index in [0.29, 0.717) is 6.10 Å². The fourth-order valence-electron chi connectivity index (χ4n) is 4.69. The Bertz CT molecular complexity index is 557. The predicted molar refractivity (Wildman–Crippen MR) is 107 cm³/mol. The van der Waals surface area contributed by atoms with Gasteiger partial charge in [-0.25, -0.2) is 0 Å². The molecule has 0 spiro atoms. The van der Waals surface area contributed by atoms with Gasteiger partial charge in [-0.15, -0.1) is 0 Å². The van der Waals surface area contributed by atoms with Gasteiger partial charge in [0.1, 0.15) is 0 Å². The first-order chi connectivity index (χ1) is 12.8. The second kappa shape index (κ2) is 8.86. The highest BCUT2D eigenvalue weighted by atomic mass is 16.5. The van der Waals surface area contributed by atoms with Crippen molar-refractivity contribution in [3.63, 3.8) is 0 Å². The number of benzene rings is 1. The molecule has 0 bridgehead atoms. The Kier molecular flexibility index (Phi) is 6.29. The van der Waals surface area contributed by atoms with Crippen molar-refractivity contribution in [2.24, 2.45) is 11.8 Å². The van der Waals surface area contributed by atoms with E-state index in [9.17, 15) is 0 Å². The summed E-state index contributed by atoms with van der Waals surface area (Å²) in [6.07, 6.45) is 8.68. The van der Waals surface area contributed by atoms with Gasteiger partial charge in [0, 0.05) is 32.8 Å². The number of rotatable bonds is 8. The zero-order valence-electron chi connectivity index (χ0n) is 16.5. The van der Waals surface area contributed by atoms with Gasteiger partial charge in [0.25, 0.3) is 0 Å². The molecule has 0 aromatic heterocycles. The van der Waals surface area contributed by atoms with Crippen molar-refractivity contribution in [2.45, 2.75) is 58.1 Å². The minimum Gasteiger partial charge on any atom is -0.377 e. The lowest BCUT2D eigenvalue weighted by Crippen LogP contribution is -2.41. The first-order valence-electron chi connectivity index (χ1n) is 10.9. The van der Waals surface area contributed by atoms with E-state index in [4.69, 9.17) is 4.74 Å². The molecule has 1 aromatic carbocycles. The topological polar surface area (TPSA) is 15.7 Å². The first-order valence-corrected chi connectivity index (χ1v) is 10.9. The number of ether oxygens (including phenoxy) is 1. The Morgan fingerprint density at radius 3 is 2.35 bits per heavy atom. The summed E-state index contributed by atoms with van der Waals surface area (Å²) >= 11 is 0. The van der Waals surface area contributed by atoms with Crippen molar-refractivity contribution in [3.8, 4) is 0 Å². The molecule has 3 aliphatic rings. The van der Waals surface area contributed by atoms with Crippen LogP contribution in [-0.2, 0) is 11.3 Å². The molecular weight excluding hydrogens is 320 g/mol. The summed E-state index contributed by atoms with van der Waals surface area (Å²) in [4.78, 5) is 5.42. The monoisotopic (exact) mass is 356 g/mol. The van der Waals surface area contributed by atoms with Crippen LogP contribution in [0.15, 0.2) is 24.3 Å². The third-order valence-corrected chi connectivity index (χ3v) is 6.58. The van der Waals surface area contributed by atoms with Crippen LogP contribution in [0.1, 0.15) is 49.7 Å². The lowest BCUT2D eigenvalue weighted by Gasteiger charge is -2.36. The van der Waals surface area contributed by atoms with Gasteiger partial charge in [0.15, 0.2) is 0 Å². The van der Waals surface area contributed by atoms with Crippen LogP contribution in [0.25, 0.3) is 0 Å². The standard InChI is InChI=1S/C23H36N2O/c1-19-5-2-3-6-22(19)17-24-12-10-21(11-13-24)16-25(15-20-8-9-20)18-23-7-4-14-26-23/h2-3,5-6,20-21,23H,4,7-18H2,1H3. The van der Waals surface area contributed by atoms with Gasteiger partial charge in [-0.3, -0.25) is 4.90 Å². The normalized spacial score (nSPS) is 25.2. The molecule has 1 atom stereocenters. The fraction of sp³-hybridized carbons (Fsp3) is 0.739. The average molecular weight is 357 g/mol. The lowest BCUT2D eigenvalue weighted by atomic mass is 9.95. The van der Waals surface area contributed by atoms with Crippen LogP contribution >= 0.6 is 0 Å². The van der Waals surface area contributed by atoms with Crippen LogP contribution in [0.2, 0.25) is 0 Å². The number of hydrogen-bond acceptors (Lipinski definition) is 3. The number of aryl methyl sites for hydroxylation is 1. The van der Waals surface area contributed by atoms with Gasteiger partial charge < -0.3 is 9.64 Å². The van der Waals surface area contributed by atoms with Crippen molar-refractivity contribution in [3.05, 3.63) is 35.4 Å². The maximum atomic E-state index is 5.92. The molecule has 4 rings (SSSR count). The third-order valence-electron chi connectivity index (χ3n) is 6.58. The van der Waals surface area contributed by atoms with Crippen LogP contribution in [0.5, 0.6) is 0 Å². The highest BCUT2D eigenvalue weighted by Gasteiger charge is 2.29. The predicted octanol–water partition coefficient (Wildman–Crippen LogP) is 4.10. The van der Waals surface area contributed by atoms with E-state index >= 15 is 0 Å². The zero-order valence-corrected chi connectivity index (χ0v) is 16.5. The van der Waals surface area contributed by atoms with Gasteiger partial charge >= 0.3 is 0 Å². The smallest absolute Gasteiger partial charge is 0.0702 e. The average Bonchev–Trinajstić information content (AvgIpc) is 3.31. The van der Waals surface area contributed by atoms with Crippen molar-refractivity contribution in [1.82, 2.24) is 9.80 Å². The van der Waals surface area contributed by atoms with Crippen molar-refractivity contribution >= 4 is 0 Å². The Labute approximate surface area is 159 Å². The van der Waals surface area contributed by atoms with Crippen LogP contribution < -0.4 is 0 Å². The maximum absolute atomic E-state index is 5.92. The van der Waals surface area contributed by atoms with E-state index in [0.717, 1.165) is 25.0 Å². The van der Waals surface area contributed by atoms with Gasteiger partial charge in [-0.05, 0) is 81.5 Å². The number of piperidine rings is 1. The highest BCUT2D eigenvalue weighted by molar-refractivity contribution is 5.25. The number of nitrogens with zero attached hydrogens (tertiary/aromatic N) is 2. The summed E-state index contributed by atoms with van der Waals surface area (Å²) < 4.78 is 5.92. The Hall–Kier alpha value is -0.900. The lowest BCUT2D eigenvalue weighted by molar-refractivity contribution is 0.0582. The molecule has 0 amide bonds. The van der Waals surface area contributed by atoms with E-state index in [1.165, 1.54) is 82.4 Å². The Morgan fingerprint density at radius 2 is 1.69 bits per heavy atom. The van der Waals surface area contributed by atoms with E-state index in [-0.39, 0.29) is 0 Å². The van der Waals surface area contributed by atoms with Gasteiger partial charge in [-0.2, -0.15) is 0 Å². The molecule has 1 saturated carbocycles. The van der Waals surface area contributed by atoms with E-state index in [1.807, 2.05) is 0 Å². The quantitative estimate of drug-likeness (QED) is 0.697. The number of hydrogen-bond donors (Lipinski definition) is 0. The van der Waals surface area contributed by atoms with Gasteiger partial charge in [0.05, 0.1) is 6.10 Å². The third kappa shape index (κ3) is 5.31. The van der Waals surface area contributed by atoms with E-state index in [2.05, 4.69) is 41.0 Å². The molecule has 0 radical (unpaired) electrons. The van der Waals surface area contributed by atoms with Crippen LogP contribution in [-0.4, -0.2) is 55.2 Å². The van der Waals surface area contributed by atoms with Crippen molar-refractivity contribution in [1.29, 1.82) is 0 Å². The van der Waals surface area contributed by atoms with Crippen molar-refractivity contribution in [2.75, 3.05) is 39.3 Å². The maximum Gasteiger partial charge on any atom is 0.0702 e. The largest absolute Gasteiger partial charge is 0.377 e. The molecule has 3 fully saturated rings. The summed E-state index contributed by atoms with van der Waals surface area (Å²) in [6, 6.07) is 8.85. The minimum absolute atomic E-state index is 0.509. The van der Waals surface area contributed by atoms with Gasteiger partial charge in [0.2, 0.25) is 0 Å². The molecule has 144 valence electrons. The molecule has 3 heteroatoms. The molecule has 2 saturated heterocycles. The second-order valence-corrected chi connectivity index (χ2v) is 8.94. The Balaban J connectivity index is 1.24. The van der Waals surface area contributed by atoms with Gasteiger partial charge in [-0.1, -0.05) is 24.3 Å². The van der Waals surface area contributed by atoms with Crippen LogP contribution in [0.3, 0.4) is 0 Å². The first kappa shape index (κ1) is 18.5. The molecule has 2 heterocycles. The van der Waals surface area contributed by atoms with Crippen LogP contribution in [0.4, 0.5) is 0 Å². The second-order valence-electron chi connectivity index (χ2n) is 8.94. The molecule has 1 unspecified atom stereocenters. The highest BCUT2D eigenvalue weighted by Crippen LogP contribution is 2.31. The summed E-state index contributed by atoms with van der Waals surface area (Å²) in [5, 5.41) is 0. The summed E-state index contributed by atoms with van der Waals surface area (Å²) in [5.41, 5.74) is 2.93. The summed E-state index contributed by atoms with van der Waals surface area (Å²) in [5.74, 6) is 1.86. The van der Waals surface area contributed by atoms with Crippen molar-refractivity contribution < 1.29 is 4.74 Å². The molecular formula is C23H36N2O. The Morgan fingerprint density at radius 1 is 0.962 bits per heavy atom. The zero-order chi connectivity index (χ0) is 17.8. The molecule has 3 nitrogen and oxygen atoms in total.